The molecule has 3 rings (SSSR count). The van der Waals surface area contributed by atoms with Gasteiger partial charge in [-0.1, -0.05) is 0 Å². The van der Waals surface area contributed by atoms with Crippen LogP contribution in [0.2, 0.25) is 0 Å². The average Bonchev–Trinajstić information content (AvgIpc) is 3.08. The number of sulfone groups is 1. The minimum atomic E-state index is -3.68. The van der Waals surface area contributed by atoms with Crippen LogP contribution in [0, 0.1) is 6.92 Å². The maximum atomic E-state index is 12.5. The van der Waals surface area contributed by atoms with E-state index in [1.54, 1.807) is 38.3 Å². The summed E-state index contributed by atoms with van der Waals surface area (Å²) in [5.41, 5.74) is 1.02. The smallest absolute Gasteiger partial charge is 0.235 e. The normalized spacial score (nSPS) is 15.1. The Balaban J connectivity index is 1.53. The lowest BCUT2D eigenvalue weighted by Crippen LogP contribution is -2.42. The van der Waals surface area contributed by atoms with E-state index in [2.05, 4.69) is 15.2 Å². The Morgan fingerprint density at radius 2 is 1.93 bits per heavy atom. The summed E-state index contributed by atoms with van der Waals surface area (Å²) >= 11 is 0. The molecule has 1 aromatic carbocycles. The van der Waals surface area contributed by atoms with Gasteiger partial charge >= 0.3 is 0 Å². The number of nitrogens with one attached hydrogen (secondary N) is 1. The van der Waals surface area contributed by atoms with Crippen molar-refractivity contribution in [2.24, 2.45) is 0 Å². The van der Waals surface area contributed by atoms with E-state index in [4.69, 9.17) is 13.9 Å². The van der Waals surface area contributed by atoms with E-state index in [0.29, 0.717) is 55.0 Å². The van der Waals surface area contributed by atoms with E-state index >= 15 is 0 Å². The fourth-order valence-corrected chi connectivity index (χ4v) is 4.40. The molecule has 9 nitrogen and oxygen atoms in total. The Hall–Kier alpha value is -2.43. The Bertz CT molecular complexity index is 949. The van der Waals surface area contributed by atoms with E-state index in [9.17, 15) is 13.2 Å². The number of aromatic nitrogens is 1. The molecule has 1 fully saturated rings. The van der Waals surface area contributed by atoms with Crippen LogP contribution in [-0.4, -0.2) is 76.5 Å². The van der Waals surface area contributed by atoms with Crippen LogP contribution < -0.4 is 10.1 Å². The molecule has 0 unspecified atom stereocenters. The highest BCUT2D eigenvalue weighted by Gasteiger charge is 2.22. The Morgan fingerprint density at radius 3 is 2.60 bits per heavy atom. The molecule has 1 aromatic heterocycles. The number of nitrogens with zero attached hydrogens (tertiary/aromatic N) is 2. The molecule has 1 aliphatic rings. The molecule has 2 heterocycles. The molecule has 1 N–H and O–H groups in total. The van der Waals surface area contributed by atoms with Crippen LogP contribution in [0.25, 0.3) is 11.5 Å². The van der Waals surface area contributed by atoms with Gasteiger partial charge in [-0.15, -0.1) is 0 Å². The number of carbonyl (C=O) groups excluding carboxylic acids is 1. The summed E-state index contributed by atoms with van der Waals surface area (Å²) in [7, 11) is -2.10. The SMILES string of the molecule is COc1ccc(-c2nc(CS(=O)(=O)CC(=O)NCCN3CCOCC3)c(C)o2)cc1. The van der Waals surface area contributed by atoms with E-state index in [1.165, 1.54) is 0 Å². The van der Waals surface area contributed by atoms with Gasteiger partial charge in [-0.25, -0.2) is 13.4 Å². The summed E-state index contributed by atoms with van der Waals surface area (Å²) in [6.45, 7) is 5.72. The van der Waals surface area contributed by atoms with Crippen molar-refractivity contribution in [1.29, 1.82) is 0 Å². The standard InChI is InChI=1S/C20H27N3O6S/c1-15-18(22-20(29-15)16-3-5-17(27-2)6-4-16)13-30(25,26)14-19(24)21-7-8-23-9-11-28-12-10-23/h3-6H,7-14H2,1-2H3,(H,21,24). The zero-order valence-corrected chi connectivity index (χ0v) is 18.0. The Labute approximate surface area is 176 Å². The molecule has 0 saturated carbocycles. The van der Waals surface area contributed by atoms with Crippen molar-refractivity contribution in [3.8, 4) is 17.2 Å². The van der Waals surface area contributed by atoms with Crippen LogP contribution in [0.1, 0.15) is 11.5 Å². The second kappa shape index (κ2) is 10.1. The number of rotatable bonds is 9. The molecular formula is C20H27N3O6S. The van der Waals surface area contributed by atoms with Gasteiger partial charge in [-0.05, 0) is 31.2 Å². The number of oxazole rings is 1. The van der Waals surface area contributed by atoms with E-state index in [1.807, 2.05) is 0 Å². The molecule has 10 heteroatoms. The fourth-order valence-electron chi connectivity index (χ4n) is 3.11. The molecule has 0 atom stereocenters. The van der Waals surface area contributed by atoms with Crippen LogP contribution >= 0.6 is 0 Å². The molecule has 1 saturated heterocycles. The van der Waals surface area contributed by atoms with Gasteiger partial charge in [0.1, 0.15) is 17.3 Å². The number of aryl methyl sites for hydroxylation is 1. The van der Waals surface area contributed by atoms with Crippen LogP contribution in [0.5, 0.6) is 5.75 Å². The molecule has 1 amide bonds. The topological polar surface area (TPSA) is 111 Å². The van der Waals surface area contributed by atoms with Crippen LogP contribution in [-0.2, 0) is 25.1 Å². The monoisotopic (exact) mass is 437 g/mol. The predicted octanol–water partition coefficient (Wildman–Crippen LogP) is 1.02. The lowest BCUT2D eigenvalue weighted by atomic mass is 10.2. The minimum absolute atomic E-state index is 0.307. The van der Waals surface area contributed by atoms with Gasteiger partial charge in [0.15, 0.2) is 9.84 Å². The number of hydrogen-bond acceptors (Lipinski definition) is 8. The summed E-state index contributed by atoms with van der Waals surface area (Å²) in [5, 5.41) is 2.67. The number of amides is 1. The fraction of sp³-hybridized carbons (Fsp3) is 0.500. The summed E-state index contributed by atoms with van der Waals surface area (Å²) in [4.78, 5) is 18.6. The highest BCUT2D eigenvalue weighted by atomic mass is 32.2. The molecule has 164 valence electrons. The Kier molecular flexibility index (Phi) is 7.46. The maximum absolute atomic E-state index is 12.5. The first-order chi connectivity index (χ1) is 14.4. The van der Waals surface area contributed by atoms with Crippen molar-refractivity contribution in [1.82, 2.24) is 15.2 Å². The van der Waals surface area contributed by atoms with Crippen LogP contribution in [0.15, 0.2) is 28.7 Å². The summed E-state index contributed by atoms with van der Waals surface area (Å²) < 4.78 is 41.0. The average molecular weight is 438 g/mol. The van der Waals surface area contributed by atoms with E-state index in [-0.39, 0.29) is 5.75 Å². The van der Waals surface area contributed by atoms with Gasteiger partial charge in [0, 0.05) is 31.7 Å². The zero-order valence-electron chi connectivity index (χ0n) is 17.2. The van der Waals surface area contributed by atoms with Gasteiger partial charge in [-0.2, -0.15) is 0 Å². The molecule has 0 bridgehead atoms. The zero-order chi connectivity index (χ0) is 21.6. The number of carbonyl (C=O) groups is 1. The molecular weight excluding hydrogens is 410 g/mol. The second-order valence-corrected chi connectivity index (χ2v) is 9.15. The van der Waals surface area contributed by atoms with Gasteiger partial charge in [0.2, 0.25) is 11.8 Å². The van der Waals surface area contributed by atoms with Crippen molar-refractivity contribution in [2.45, 2.75) is 12.7 Å². The first-order valence-corrected chi connectivity index (χ1v) is 11.6. The van der Waals surface area contributed by atoms with Gasteiger partial charge in [0.05, 0.1) is 31.8 Å². The van der Waals surface area contributed by atoms with Crippen LogP contribution in [0.3, 0.4) is 0 Å². The highest BCUT2D eigenvalue weighted by molar-refractivity contribution is 7.91. The van der Waals surface area contributed by atoms with Crippen molar-refractivity contribution in [2.75, 3.05) is 52.3 Å². The third-order valence-corrected chi connectivity index (χ3v) is 6.21. The highest BCUT2D eigenvalue weighted by Crippen LogP contribution is 2.25. The second-order valence-electron chi connectivity index (χ2n) is 7.09. The summed E-state index contributed by atoms with van der Waals surface area (Å²) in [6.07, 6.45) is 0. The molecule has 2 aromatic rings. The first-order valence-electron chi connectivity index (χ1n) is 9.74. The molecule has 30 heavy (non-hydrogen) atoms. The lowest BCUT2D eigenvalue weighted by Gasteiger charge is -2.26. The minimum Gasteiger partial charge on any atom is -0.497 e. The number of hydrogen-bond donors (Lipinski definition) is 1. The summed E-state index contributed by atoms with van der Waals surface area (Å²) in [6, 6.07) is 7.10. The maximum Gasteiger partial charge on any atom is 0.235 e. The van der Waals surface area contributed by atoms with Crippen molar-refractivity contribution < 1.29 is 27.1 Å². The van der Waals surface area contributed by atoms with E-state index in [0.717, 1.165) is 13.1 Å². The Morgan fingerprint density at radius 1 is 1.23 bits per heavy atom. The van der Waals surface area contributed by atoms with E-state index < -0.39 is 21.5 Å². The lowest BCUT2D eigenvalue weighted by molar-refractivity contribution is -0.118. The number of benzene rings is 1. The number of methoxy groups -OCH3 is 1. The third-order valence-electron chi connectivity index (χ3n) is 4.79. The largest absolute Gasteiger partial charge is 0.497 e. The van der Waals surface area contributed by atoms with Crippen LogP contribution in [0.4, 0.5) is 0 Å². The van der Waals surface area contributed by atoms with Crippen molar-refractivity contribution >= 4 is 15.7 Å². The molecule has 0 radical (unpaired) electrons. The molecule has 0 spiro atoms. The number of morpholine rings is 1. The van der Waals surface area contributed by atoms with Crippen molar-refractivity contribution in [3.05, 3.63) is 35.7 Å². The first kappa shape index (κ1) is 22.3. The van der Waals surface area contributed by atoms with Crippen molar-refractivity contribution in [3.63, 3.8) is 0 Å². The number of ether oxygens (including phenoxy) is 2. The molecule has 0 aliphatic carbocycles. The quantitative estimate of drug-likeness (QED) is 0.619. The summed E-state index contributed by atoms with van der Waals surface area (Å²) in [5.74, 6) is -0.00739. The van der Waals surface area contributed by atoms with Gasteiger partial charge < -0.3 is 19.2 Å². The van der Waals surface area contributed by atoms with Gasteiger partial charge in [0.25, 0.3) is 0 Å². The molecule has 1 aliphatic heterocycles. The van der Waals surface area contributed by atoms with Gasteiger partial charge in [-0.3, -0.25) is 9.69 Å². The third kappa shape index (κ3) is 6.28. The predicted molar refractivity (Wildman–Crippen MR) is 111 cm³/mol.